The summed E-state index contributed by atoms with van der Waals surface area (Å²) in [4.78, 5) is 0. The van der Waals surface area contributed by atoms with Gasteiger partial charge in [-0.1, -0.05) is 12.2 Å². The van der Waals surface area contributed by atoms with E-state index in [4.69, 9.17) is 46.1 Å². The van der Waals surface area contributed by atoms with Crippen LogP contribution in [0.15, 0.2) is 0 Å². The SMILES string of the molecule is CC(C)OC(=S)SC(=S)SC(=S)OC(C)C. The molecule has 0 aliphatic rings. The number of thioether (sulfide) groups is 2. The Hall–Kier alpha value is 0.570. The highest BCUT2D eigenvalue weighted by Gasteiger charge is 2.11. The molecular weight excluding hydrogens is 300 g/mol. The topological polar surface area (TPSA) is 18.5 Å². The fourth-order valence-electron chi connectivity index (χ4n) is 0.590. The number of thiocarbonyl (C=S) groups is 3. The molecule has 0 aliphatic carbocycles. The van der Waals surface area contributed by atoms with Crippen LogP contribution in [0.4, 0.5) is 0 Å². The minimum atomic E-state index is 0.0617. The second-order valence-corrected chi connectivity index (χ2v) is 7.70. The molecule has 0 spiro atoms. The third kappa shape index (κ3) is 9.77. The molecule has 0 amide bonds. The van der Waals surface area contributed by atoms with E-state index in [9.17, 15) is 0 Å². The van der Waals surface area contributed by atoms with E-state index in [0.717, 1.165) is 0 Å². The molecule has 2 nitrogen and oxygen atoms in total. The zero-order chi connectivity index (χ0) is 12.7. The van der Waals surface area contributed by atoms with Crippen LogP contribution in [0.25, 0.3) is 0 Å². The summed E-state index contributed by atoms with van der Waals surface area (Å²) in [5, 5.41) is 0. The van der Waals surface area contributed by atoms with Crippen LogP contribution in [0.2, 0.25) is 0 Å². The van der Waals surface area contributed by atoms with Crippen LogP contribution >= 0.6 is 60.2 Å². The van der Waals surface area contributed by atoms with Crippen LogP contribution in [0.1, 0.15) is 27.7 Å². The first-order valence-corrected chi connectivity index (χ1v) is 7.48. The Morgan fingerprint density at radius 3 is 1.38 bits per heavy atom. The van der Waals surface area contributed by atoms with Crippen LogP contribution in [0.5, 0.6) is 0 Å². The van der Waals surface area contributed by atoms with E-state index in [0.29, 0.717) is 12.3 Å². The van der Waals surface area contributed by atoms with Gasteiger partial charge < -0.3 is 9.47 Å². The molecule has 0 bridgehead atoms. The Morgan fingerprint density at radius 1 is 0.812 bits per heavy atom. The molecule has 16 heavy (non-hydrogen) atoms. The summed E-state index contributed by atoms with van der Waals surface area (Å²) in [6.45, 7) is 7.65. The van der Waals surface area contributed by atoms with Crippen molar-refractivity contribution in [3.8, 4) is 0 Å². The molecule has 0 N–H and O–H groups in total. The van der Waals surface area contributed by atoms with Crippen molar-refractivity contribution in [3.63, 3.8) is 0 Å². The Morgan fingerprint density at radius 2 is 1.12 bits per heavy atom. The smallest absolute Gasteiger partial charge is 0.226 e. The summed E-state index contributed by atoms with van der Waals surface area (Å²) in [5.41, 5.74) is 0. The van der Waals surface area contributed by atoms with E-state index in [1.165, 1.54) is 23.5 Å². The number of rotatable bonds is 2. The van der Waals surface area contributed by atoms with Crippen molar-refractivity contribution in [2.75, 3.05) is 0 Å². The molecule has 0 saturated carbocycles. The number of hydrogen-bond acceptors (Lipinski definition) is 7. The van der Waals surface area contributed by atoms with Gasteiger partial charge in [0.1, 0.15) is 3.53 Å². The van der Waals surface area contributed by atoms with Gasteiger partial charge in [0.25, 0.3) is 0 Å². The lowest BCUT2D eigenvalue weighted by Gasteiger charge is -2.11. The summed E-state index contributed by atoms with van der Waals surface area (Å²) in [6.07, 6.45) is 0.123. The maximum absolute atomic E-state index is 5.29. The quantitative estimate of drug-likeness (QED) is 0.703. The zero-order valence-electron chi connectivity index (χ0n) is 9.51. The van der Waals surface area contributed by atoms with Gasteiger partial charge in [-0.15, -0.1) is 0 Å². The monoisotopic (exact) mass is 314 g/mol. The van der Waals surface area contributed by atoms with Crippen LogP contribution in [-0.2, 0) is 9.47 Å². The Bertz CT molecular complexity index is 249. The first-order chi connectivity index (χ1) is 7.31. The molecule has 7 heteroatoms. The molecule has 0 heterocycles. The van der Waals surface area contributed by atoms with Crippen molar-refractivity contribution >= 4 is 72.5 Å². The Balaban J connectivity index is 3.90. The fourth-order valence-corrected chi connectivity index (χ4v) is 3.94. The van der Waals surface area contributed by atoms with Crippen LogP contribution in [0, 0.1) is 0 Å². The number of ether oxygens (including phenoxy) is 2. The van der Waals surface area contributed by atoms with E-state index in [2.05, 4.69) is 0 Å². The van der Waals surface area contributed by atoms with Gasteiger partial charge in [-0.05, 0) is 75.7 Å². The maximum atomic E-state index is 5.29. The van der Waals surface area contributed by atoms with Crippen molar-refractivity contribution in [1.29, 1.82) is 0 Å². The van der Waals surface area contributed by atoms with Gasteiger partial charge in [0.2, 0.25) is 8.77 Å². The molecule has 0 aromatic carbocycles. The second kappa shape index (κ2) is 8.63. The summed E-state index contributed by atoms with van der Waals surface area (Å²) in [7, 11) is 0. The zero-order valence-corrected chi connectivity index (χ0v) is 13.6. The molecule has 0 saturated heterocycles. The first-order valence-electron chi connectivity index (χ1n) is 4.62. The Labute approximate surface area is 121 Å². The third-order valence-electron chi connectivity index (χ3n) is 0.997. The lowest BCUT2D eigenvalue weighted by Crippen LogP contribution is -2.09. The molecule has 0 atom stereocenters. The van der Waals surface area contributed by atoms with Crippen LogP contribution in [-0.4, -0.2) is 24.5 Å². The fraction of sp³-hybridized carbons (Fsp3) is 0.667. The molecular formula is C9H14O2S5. The van der Waals surface area contributed by atoms with Crippen molar-refractivity contribution < 1.29 is 9.47 Å². The molecule has 0 rings (SSSR count). The van der Waals surface area contributed by atoms with Crippen LogP contribution in [0.3, 0.4) is 0 Å². The highest BCUT2D eigenvalue weighted by molar-refractivity contribution is 8.59. The van der Waals surface area contributed by atoms with Gasteiger partial charge in [0.05, 0.1) is 12.2 Å². The summed E-state index contributed by atoms with van der Waals surface area (Å²) in [5.74, 6) is 0. The lowest BCUT2D eigenvalue weighted by atomic mass is 10.5. The predicted octanol–water partition coefficient (Wildman–Crippen LogP) is 4.16. The summed E-state index contributed by atoms with van der Waals surface area (Å²) < 4.78 is 12.0. The van der Waals surface area contributed by atoms with E-state index in [-0.39, 0.29) is 12.2 Å². The van der Waals surface area contributed by atoms with E-state index < -0.39 is 0 Å². The maximum Gasteiger partial charge on any atom is 0.226 e. The number of hydrogen-bond donors (Lipinski definition) is 0. The third-order valence-corrected chi connectivity index (χ3v) is 3.55. The van der Waals surface area contributed by atoms with E-state index >= 15 is 0 Å². The summed E-state index contributed by atoms with van der Waals surface area (Å²) >= 11 is 17.5. The molecule has 0 aromatic rings. The highest BCUT2D eigenvalue weighted by Crippen LogP contribution is 2.22. The first kappa shape index (κ1) is 16.6. The van der Waals surface area contributed by atoms with Gasteiger partial charge >= 0.3 is 0 Å². The standard InChI is InChI=1S/C9H14O2S5/c1-5(2)10-7(12)15-9(14)16-8(13)11-6(3)4/h5-6H,1-4H3. The van der Waals surface area contributed by atoms with Crippen molar-refractivity contribution in [2.45, 2.75) is 39.9 Å². The van der Waals surface area contributed by atoms with Gasteiger partial charge in [-0.2, -0.15) is 0 Å². The van der Waals surface area contributed by atoms with Crippen molar-refractivity contribution in [1.82, 2.24) is 0 Å². The predicted molar refractivity (Wildman–Crippen MR) is 85.4 cm³/mol. The van der Waals surface area contributed by atoms with E-state index in [1.807, 2.05) is 27.7 Å². The molecule has 0 aromatic heterocycles. The average molecular weight is 315 g/mol. The largest absolute Gasteiger partial charge is 0.476 e. The average Bonchev–Trinajstić information content (AvgIpc) is 1.97. The highest BCUT2D eigenvalue weighted by atomic mass is 32.2. The van der Waals surface area contributed by atoms with Crippen LogP contribution < -0.4 is 0 Å². The minimum Gasteiger partial charge on any atom is -0.476 e. The Kier molecular flexibility index (Phi) is 8.94. The lowest BCUT2D eigenvalue weighted by molar-refractivity contribution is 0.243. The van der Waals surface area contributed by atoms with Gasteiger partial charge in [-0.25, -0.2) is 0 Å². The van der Waals surface area contributed by atoms with Crippen molar-refractivity contribution in [2.24, 2.45) is 0 Å². The van der Waals surface area contributed by atoms with Crippen molar-refractivity contribution in [3.05, 3.63) is 0 Å². The molecule has 0 fully saturated rings. The second-order valence-electron chi connectivity index (χ2n) is 3.29. The molecule has 92 valence electrons. The normalized spacial score (nSPS) is 10.4. The molecule has 0 aliphatic heterocycles. The van der Waals surface area contributed by atoms with Gasteiger partial charge in [0.15, 0.2) is 0 Å². The molecule has 0 radical (unpaired) electrons. The molecule has 0 unspecified atom stereocenters. The van der Waals surface area contributed by atoms with E-state index in [1.54, 1.807) is 0 Å². The van der Waals surface area contributed by atoms with Gasteiger partial charge in [-0.3, -0.25) is 0 Å². The summed E-state index contributed by atoms with van der Waals surface area (Å²) in [6, 6.07) is 0. The van der Waals surface area contributed by atoms with Gasteiger partial charge in [0, 0.05) is 0 Å². The minimum absolute atomic E-state index is 0.0617.